The number of amides is 1. The minimum Gasteiger partial charge on any atom is -0.266 e. The summed E-state index contributed by atoms with van der Waals surface area (Å²) in [4.78, 5) is 12.2. The highest BCUT2D eigenvalue weighted by molar-refractivity contribution is 6.34. The number of halogens is 1. The maximum absolute atomic E-state index is 12.2. The Morgan fingerprint density at radius 3 is 2.62 bits per heavy atom. The van der Waals surface area contributed by atoms with Crippen LogP contribution in [-0.4, -0.2) is 21.4 Å². The molecule has 0 saturated carbocycles. The van der Waals surface area contributed by atoms with E-state index >= 15 is 0 Å². The number of benzene rings is 1. The number of hydrazone groups is 1. The standard InChI is InChI=1S/C15H17ClN4O/c1-4-12-13(16)14(20(3)19-12)15(21)18-17-10(2)11-8-6-5-7-9-11/h5-9H,4H2,1-3H3,(H,18,21)/b17-10-. The molecule has 2 rings (SSSR count). The van der Waals surface area contributed by atoms with Gasteiger partial charge >= 0.3 is 0 Å². The Kier molecular flexibility index (Phi) is 4.75. The van der Waals surface area contributed by atoms with E-state index in [1.165, 1.54) is 4.68 Å². The van der Waals surface area contributed by atoms with Gasteiger partial charge in [0.25, 0.3) is 5.91 Å². The molecule has 0 aliphatic carbocycles. The summed E-state index contributed by atoms with van der Waals surface area (Å²) >= 11 is 6.16. The first kappa shape index (κ1) is 15.3. The lowest BCUT2D eigenvalue weighted by molar-refractivity contribution is 0.0945. The minimum absolute atomic E-state index is 0.318. The number of rotatable bonds is 4. The zero-order chi connectivity index (χ0) is 15.4. The molecule has 1 heterocycles. The molecule has 0 radical (unpaired) electrons. The number of carbonyl (C=O) groups is 1. The molecule has 0 aliphatic heterocycles. The van der Waals surface area contributed by atoms with Crippen molar-refractivity contribution in [2.45, 2.75) is 20.3 Å². The fourth-order valence-corrected chi connectivity index (χ4v) is 2.34. The fourth-order valence-electron chi connectivity index (χ4n) is 1.96. The lowest BCUT2D eigenvalue weighted by Crippen LogP contribution is -2.22. The van der Waals surface area contributed by atoms with Crippen molar-refractivity contribution in [3.63, 3.8) is 0 Å². The van der Waals surface area contributed by atoms with Crippen LogP contribution in [0.25, 0.3) is 0 Å². The van der Waals surface area contributed by atoms with Crippen LogP contribution in [0.5, 0.6) is 0 Å². The van der Waals surface area contributed by atoms with Crippen LogP contribution >= 0.6 is 11.6 Å². The average Bonchev–Trinajstić information content (AvgIpc) is 2.79. The molecule has 0 saturated heterocycles. The molecular formula is C15H17ClN4O. The van der Waals surface area contributed by atoms with Crippen LogP contribution in [0.4, 0.5) is 0 Å². The quantitative estimate of drug-likeness (QED) is 0.697. The van der Waals surface area contributed by atoms with Crippen molar-refractivity contribution in [3.05, 3.63) is 52.3 Å². The average molecular weight is 305 g/mol. The number of carbonyl (C=O) groups excluding carboxylic acids is 1. The number of aryl methyl sites for hydroxylation is 2. The fraction of sp³-hybridized carbons (Fsp3) is 0.267. The molecule has 21 heavy (non-hydrogen) atoms. The molecule has 1 N–H and O–H groups in total. The van der Waals surface area contributed by atoms with Crippen LogP contribution in [0.1, 0.15) is 35.6 Å². The van der Waals surface area contributed by atoms with Gasteiger partial charge in [0.2, 0.25) is 0 Å². The van der Waals surface area contributed by atoms with Crippen molar-refractivity contribution in [1.29, 1.82) is 0 Å². The molecule has 0 atom stereocenters. The summed E-state index contributed by atoms with van der Waals surface area (Å²) in [6.45, 7) is 3.77. The van der Waals surface area contributed by atoms with E-state index in [2.05, 4.69) is 15.6 Å². The normalized spacial score (nSPS) is 11.5. The van der Waals surface area contributed by atoms with Gasteiger partial charge in [-0.05, 0) is 18.9 Å². The molecule has 0 spiro atoms. The van der Waals surface area contributed by atoms with Gasteiger partial charge in [-0.25, -0.2) is 5.43 Å². The molecule has 1 aromatic heterocycles. The van der Waals surface area contributed by atoms with E-state index < -0.39 is 0 Å². The summed E-state index contributed by atoms with van der Waals surface area (Å²) in [6, 6.07) is 9.62. The van der Waals surface area contributed by atoms with Crippen molar-refractivity contribution >= 4 is 23.2 Å². The Balaban J connectivity index is 2.18. The van der Waals surface area contributed by atoms with Gasteiger partial charge in [-0.15, -0.1) is 0 Å². The highest BCUT2D eigenvalue weighted by Gasteiger charge is 2.19. The summed E-state index contributed by atoms with van der Waals surface area (Å²) < 4.78 is 1.48. The summed E-state index contributed by atoms with van der Waals surface area (Å²) in [5.74, 6) is -0.370. The van der Waals surface area contributed by atoms with Crippen LogP contribution < -0.4 is 5.43 Å². The maximum atomic E-state index is 12.2. The Labute approximate surface area is 128 Å². The first-order valence-corrected chi connectivity index (χ1v) is 7.03. The first-order valence-electron chi connectivity index (χ1n) is 6.66. The van der Waals surface area contributed by atoms with E-state index in [4.69, 9.17) is 11.6 Å². The summed E-state index contributed by atoms with van der Waals surface area (Å²) in [5.41, 5.74) is 5.21. The molecule has 0 fully saturated rings. The first-order chi connectivity index (χ1) is 10.0. The van der Waals surface area contributed by atoms with E-state index in [9.17, 15) is 4.79 Å². The van der Waals surface area contributed by atoms with Gasteiger partial charge in [0, 0.05) is 7.05 Å². The second-order valence-electron chi connectivity index (χ2n) is 4.59. The number of hydrogen-bond acceptors (Lipinski definition) is 3. The van der Waals surface area contributed by atoms with E-state index in [0.29, 0.717) is 22.8 Å². The van der Waals surface area contributed by atoms with Crippen LogP contribution in [0.3, 0.4) is 0 Å². The van der Waals surface area contributed by atoms with Crippen molar-refractivity contribution < 1.29 is 4.79 Å². The smallest absolute Gasteiger partial charge is 0.266 e. The summed E-state index contributed by atoms with van der Waals surface area (Å²) in [5, 5.41) is 8.70. The number of nitrogens with one attached hydrogen (secondary N) is 1. The highest BCUT2D eigenvalue weighted by Crippen LogP contribution is 2.20. The van der Waals surface area contributed by atoms with Gasteiger partial charge in [-0.2, -0.15) is 10.2 Å². The monoisotopic (exact) mass is 304 g/mol. The molecule has 5 nitrogen and oxygen atoms in total. The molecule has 1 aromatic carbocycles. The second kappa shape index (κ2) is 6.54. The van der Waals surface area contributed by atoms with Crippen LogP contribution in [-0.2, 0) is 13.5 Å². The molecule has 2 aromatic rings. The molecule has 1 amide bonds. The number of hydrogen-bond donors (Lipinski definition) is 1. The van der Waals surface area contributed by atoms with Gasteiger partial charge < -0.3 is 0 Å². The Morgan fingerprint density at radius 1 is 1.38 bits per heavy atom. The van der Waals surface area contributed by atoms with E-state index in [-0.39, 0.29) is 5.91 Å². The number of nitrogens with zero attached hydrogens (tertiary/aromatic N) is 3. The largest absolute Gasteiger partial charge is 0.291 e. The van der Waals surface area contributed by atoms with Crippen LogP contribution in [0.15, 0.2) is 35.4 Å². The lowest BCUT2D eigenvalue weighted by atomic mass is 10.1. The molecule has 0 aliphatic rings. The molecule has 0 bridgehead atoms. The van der Waals surface area contributed by atoms with Crippen molar-refractivity contribution in [2.24, 2.45) is 12.1 Å². The van der Waals surface area contributed by atoms with Gasteiger partial charge in [0.15, 0.2) is 0 Å². The Hall–Kier alpha value is -2.14. The Morgan fingerprint density at radius 2 is 2.05 bits per heavy atom. The molecule has 0 unspecified atom stereocenters. The van der Waals surface area contributed by atoms with Crippen molar-refractivity contribution in [3.8, 4) is 0 Å². The van der Waals surface area contributed by atoms with Crippen LogP contribution in [0.2, 0.25) is 5.02 Å². The third kappa shape index (κ3) is 3.31. The maximum Gasteiger partial charge on any atom is 0.291 e. The predicted molar refractivity (Wildman–Crippen MR) is 83.7 cm³/mol. The van der Waals surface area contributed by atoms with Crippen LogP contribution in [0, 0.1) is 0 Å². The van der Waals surface area contributed by atoms with Gasteiger partial charge in [-0.1, -0.05) is 48.9 Å². The molecular weight excluding hydrogens is 288 g/mol. The highest BCUT2D eigenvalue weighted by atomic mass is 35.5. The van der Waals surface area contributed by atoms with E-state index in [1.807, 2.05) is 44.2 Å². The Bertz CT molecular complexity index is 676. The zero-order valence-corrected chi connectivity index (χ0v) is 13.0. The SMILES string of the molecule is CCc1nn(C)c(C(=O)N/N=C(/C)c2ccccc2)c1Cl. The van der Waals surface area contributed by atoms with Crippen molar-refractivity contribution in [1.82, 2.24) is 15.2 Å². The van der Waals surface area contributed by atoms with E-state index in [1.54, 1.807) is 7.05 Å². The predicted octanol–water partition coefficient (Wildman–Crippen LogP) is 2.79. The summed E-state index contributed by atoms with van der Waals surface area (Å²) in [6.07, 6.45) is 0.673. The summed E-state index contributed by atoms with van der Waals surface area (Å²) in [7, 11) is 1.69. The molecule has 110 valence electrons. The second-order valence-corrected chi connectivity index (χ2v) is 4.97. The van der Waals surface area contributed by atoms with Crippen molar-refractivity contribution in [2.75, 3.05) is 0 Å². The topological polar surface area (TPSA) is 59.3 Å². The third-order valence-corrected chi connectivity index (χ3v) is 3.52. The third-order valence-electron chi connectivity index (χ3n) is 3.12. The molecule has 6 heteroatoms. The van der Waals surface area contributed by atoms with E-state index in [0.717, 1.165) is 11.3 Å². The minimum atomic E-state index is -0.370. The zero-order valence-electron chi connectivity index (χ0n) is 12.2. The number of aromatic nitrogens is 2. The lowest BCUT2D eigenvalue weighted by Gasteiger charge is -2.03. The van der Waals surface area contributed by atoms with Gasteiger partial charge in [0.1, 0.15) is 5.69 Å². The van der Waals surface area contributed by atoms with Gasteiger partial charge in [-0.3, -0.25) is 9.48 Å². The van der Waals surface area contributed by atoms with Gasteiger partial charge in [0.05, 0.1) is 16.4 Å².